The summed E-state index contributed by atoms with van der Waals surface area (Å²) in [4.78, 5) is 59.1. The van der Waals surface area contributed by atoms with Gasteiger partial charge in [-0.15, -0.1) is 0 Å². The number of ketones is 2. The fourth-order valence-electron chi connectivity index (χ4n) is 9.43. The number of nitrogens with zero attached hydrogens (tertiary/aromatic N) is 1. The summed E-state index contributed by atoms with van der Waals surface area (Å²) in [5.74, 6) is -8.11. The first-order valence-corrected chi connectivity index (χ1v) is 17.6. The molecule has 2 amide bonds. The number of allylic oxidation sites excluding steroid dienone is 4. The number of imide groups is 1. The zero-order chi connectivity index (χ0) is 39.2. The van der Waals surface area contributed by atoms with Crippen LogP contribution in [0.3, 0.4) is 0 Å². The van der Waals surface area contributed by atoms with Crippen LogP contribution >= 0.6 is 0 Å². The maximum absolute atomic E-state index is 15.1. The summed E-state index contributed by atoms with van der Waals surface area (Å²) in [7, 11) is 0. The van der Waals surface area contributed by atoms with Crippen LogP contribution in [0.25, 0.3) is 5.57 Å². The number of Topliss-reactive ketones (excluding diaryl/α,β-unsaturated/α-hetero) is 1. The van der Waals surface area contributed by atoms with Crippen LogP contribution in [0.15, 0.2) is 115 Å². The number of carbonyl (C=O) groups is 4. The first-order valence-electron chi connectivity index (χ1n) is 17.6. The van der Waals surface area contributed by atoms with Crippen molar-refractivity contribution < 1.29 is 50.6 Å². The van der Waals surface area contributed by atoms with E-state index < -0.39 is 81.8 Å². The molecule has 6 unspecified atom stereocenters. The number of fused-ring (bicyclic) bond motifs is 4. The van der Waals surface area contributed by atoms with Gasteiger partial charge >= 0.3 is 12.4 Å². The van der Waals surface area contributed by atoms with Crippen LogP contribution in [0.4, 0.5) is 32.0 Å². The summed E-state index contributed by atoms with van der Waals surface area (Å²) < 4.78 is 83.4. The maximum atomic E-state index is 15.1. The number of hydrogen-bond acceptors (Lipinski definition) is 5. The molecule has 0 spiro atoms. The number of hydrogen-bond donors (Lipinski definition) is 1. The molecular weight excluding hydrogens is 724 g/mol. The van der Waals surface area contributed by atoms with E-state index in [0.717, 1.165) is 0 Å². The third-order valence-corrected chi connectivity index (χ3v) is 11.8. The van der Waals surface area contributed by atoms with E-state index in [2.05, 4.69) is 0 Å². The van der Waals surface area contributed by atoms with Crippen LogP contribution in [-0.4, -0.2) is 28.5 Å². The van der Waals surface area contributed by atoms with Crippen molar-refractivity contribution in [3.63, 3.8) is 0 Å². The smallest absolute Gasteiger partial charge is 0.416 e. The number of rotatable bonds is 4. The summed E-state index contributed by atoms with van der Waals surface area (Å²) in [5, 5.41) is 10.5. The molecule has 1 N–H and O–H groups in total. The Bertz CT molecular complexity index is 2320. The summed E-state index contributed by atoms with van der Waals surface area (Å²) >= 11 is 0. The average Bonchev–Trinajstić information content (AvgIpc) is 3.42. The molecule has 1 saturated carbocycles. The minimum atomic E-state index is -5.22. The van der Waals surface area contributed by atoms with Crippen molar-refractivity contribution in [3.05, 3.63) is 148 Å². The van der Waals surface area contributed by atoms with Gasteiger partial charge in [-0.2, -0.15) is 26.3 Å². The van der Waals surface area contributed by atoms with Gasteiger partial charge in [0.05, 0.1) is 34.1 Å². The quantitative estimate of drug-likeness (QED) is 0.128. The summed E-state index contributed by atoms with van der Waals surface area (Å²) in [6, 6.07) is 22.8. The number of aromatic hydroxyl groups is 1. The van der Waals surface area contributed by atoms with Crippen molar-refractivity contribution in [2.45, 2.75) is 43.5 Å². The Hall–Kier alpha value is -5.78. The van der Waals surface area contributed by atoms with Crippen LogP contribution in [0.2, 0.25) is 0 Å². The molecule has 2 fully saturated rings. The first-order chi connectivity index (χ1) is 26.0. The molecule has 4 aromatic carbocycles. The van der Waals surface area contributed by atoms with Crippen LogP contribution in [0.1, 0.15) is 52.1 Å². The number of phenolic OH excluding ortho intramolecular Hbond substituents is 1. The van der Waals surface area contributed by atoms with E-state index in [1.165, 1.54) is 12.1 Å². The molecule has 6 nitrogen and oxygen atoms in total. The Morgan fingerprint density at radius 1 is 0.745 bits per heavy atom. The Morgan fingerprint density at radius 2 is 1.36 bits per heavy atom. The standard InChI is InChI=1S/C43H31F6NO5/c1-22-16-24(12-15-34(22)51)37-29-13-14-30-36(40(55)50(39(30)54)28-18-26(42(44,45)46)17-27(19-28)43(47,48)49)32(29)20-33-38(53)31(23-8-4-2-5-9-23)21-35(52)41(33,37)25-10-6-3-7-11-25/h2-13,15-19,21,30,32-33,36-37,51H,14,20H2,1H3. The van der Waals surface area contributed by atoms with E-state index in [0.29, 0.717) is 44.9 Å². The number of anilines is 1. The highest BCUT2D eigenvalue weighted by molar-refractivity contribution is 6.32. The molecule has 1 heterocycles. The Balaban J connectivity index is 1.33. The predicted octanol–water partition coefficient (Wildman–Crippen LogP) is 8.77. The molecule has 1 saturated heterocycles. The summed E-state index contributed by atoms with van der Waals surface area (Å²) in [6.45, 7) is 1.67. The molecule has 4 aromatic rings. The molecule has 6 atom stereocenters. The van der Waals surface area contributed by atoms with Gasteiger partial charge in [0.15, 0.2) is 11.6 Å². The molecule has 55 heavy (non-hydrogen) atoms. The van der Waals surface area contributed by atoms with E-state index in [1.807, 2.05) is 0 Å². The third kappa shape index (κ3) is 5.55. The lowest BCUT2D eigenvalue weighted by atomic mass is 9.44. The molecule has 12 heteroatoms. The molecule has 3 aliphatic carbocycles. The number of aryl methyl sites for hydroxylation is 1. The largest absolute Gasteiger partial charge is 0.508 e. The Morgan fingerprint density at radius 3 is 1.96 bits per heavy atom. The van der Waals surface area contributed by atoms with Crippen molar-refractivity contribution >= 4 is 34.6 Å². The monoisotopic (exact) mass is 755 g/mol. The van der Waals surface area contributed by atoms with Gasteiger partial charge in [-0.05, 0) is 78.3 Å². The molecular formula is C43H31F6NO5. The number of carbonyl (C=O) groups excluding carboxylic acids is 4. The maximum Gasteiger partial charge on any atom is 0.416 e. The van der Waals surface area contributed by atoms with Crippen molar-refractivity contribution in [1.29, 1.82) is 0 Å². The molecule has 0 bridgehead atoms. The highest BCUT2D eigenvalue weighted by Crippen LogP contribution is 2.64. The van der Waals surface area contributed by atoms with Crippen LogP contribution < -0.4 is 4.90 Å². The fourth-order valence-corrected chi connectivity index (χ4v) is 9.43. The molecule has 8 rings (SSSR count). The fraction of sp³-hybridized carbons (Fsp3) is 0.256. The minimum Gasteiger partial charge on any atom is -0.508 e. The van der Waals surface area contributed by atoms with Gasteiger partial charge in [-0.1, -0.05) is 84.4 Å². The Kier molecular flexibility index (Phi) is 8.32. The number of phenols is 1. The second kappa shape index (κ2) is 12.6. The highest BCUT2D eigenvalue weighted by atomic mass is 19.4. The minimum absolute atomic E-state index is 0.0251. The Labute approximate surface area is 310 Å². The highest BCUT2D eigenvalue weighted by Gasteiger charge is 2.66. The van der Waals surface area contributed by atoms with E-state index in [9.17, 15) is 45.8 Å². The number of benzene rings is 4. The van der Waals surface area contributed by atoms with Crippen LogP contribution in [0, 0.1) is 30.6 Å². The summed E-state index contributed by atoms with van der Waals surface area (Å²) in [6.07, 6.45) is -7.57. The molecule has 4 aliphatic rings. The number of halogens is 6. The molecule has 1 aliphatic heterocycles. The summed E-state index contributed by atoms with van der Waals surface area (Å²) in [5.41, 5.74) is -3.05. The predicted molar refractivity (Wildman–Crippen MR) is 188 cm³/mol. The SMILES string of the molecule is Cc1cc(C2C3=CCC4C(=O)N(c5cc(C(F)(F)F)cc(C(F)(F)F)c5)C(=O)C4C3CC3C(=O)C(c4ccccc4)=CC(=O)C32c2ccccc2)ccc1O. The van der Waals surface area contributed by atoms with E-state index >= 15 is 4.79 Å². The topological polar surface area (TPSA) is 91.8 Å². The van der Waals surface area contributed by atoms with Crippen LogP contribution in [-0.2, 0) is 36.9 Å². The van der Waals surface area contributed by atoms with Crippen molar-refractivity contribution in [2.75, 3.05) is 4.90 Å². The van der Waals surface area contributed by atoms with Gasteiger partial charge in [-0.25, -0.2) is 4.90 Å². The van der Waals surface area contributed by atoms with E-state index in [-0.39, 0.29) is 36.0 Å². The first kappa shape index (κ1) is 36.2. The average molecular weight is 756 g/mol. The second-order valence-electron chi connectivity index (χ2n) is 14.6. The van der Waals surface area contributed by atoms with Crippen molar-refractivity contribution in [1.82, 2.24) is 0 Å². The second-order valence-corrected chi connectivity index (χ2v) is 14.6. The van der Waals surface area contributed by atoms with Gasteiger partial charge in [0.1, 0.15) is 5.75 Å². The molecule has 0 aromatic heterocycles. The number of alkyl halides is 6. The van der Waals surface area contributed by atoms with Crippen LogP contribution in [0.5, 0.6) is 5.75 Å². The lowest BCUT2D eigenvalue weighted by Crippen LogP contribution is -2.58. The zero-order valence-electron chi connectivity index (χ0n) is 29.0. The lowest BCUT2D eigenvalue weighted by molar-refractivity contribution is -0.143. The number of amides is 2. The van der Waals surface area contributed by atoms with Gasteiger partial charge < -0.3 is 5.11 Å². The van der Waals surface area contributed by atoms with E-state index in [4.69, 9.17) is 0 Å². The lowest BCUT2D eigenvalue weighted by Gasteiger charge is -2.55. The van der Waals surface area contributed by atoms with Gasteiger partial charge in [0.2, 0.25) is 11.8 Å². The third-order valence-electron chi connectivity index (χ3n) is 11.8. The zero-order valence-corrected chi connectivity index (χ0v) is 29.0. The van der Waals surface area contributed by atoms with Crippen molar-refractivity contribution in [3.8, 4) is 5.75 Å². The van der Waals surface area contributed by atoms with Crippen molar-refractivity contribution in [2.24, 2.45) is 23.7 Å². The molecule has 280 valence electrons. The molecule has 0 radical (unpaired) electrons. The van der Waals surface area contributed by atoms with E-state index in [1.54, 1.807) is 85.8 Å². The van der Waals surface area contributed by atoms with Gasteiger partial charge in [0, 0.05) is 17.4 Å². The van der Waals surface area contributed by atoms with Gasteiger partial charge in [0.25, 0.3) is 0 Å². The normalized spacial score (nSPS) is 26.6. The van der Waals surface area contributed by atoms with Gasteiger partial charge in [-0.3, -0.25) is 19.2 Å².